The number of esters is 1. The van der Waals surface area contributed by atoms with Crippen molar-refractivity contribution >= 4 is 41.3 Å². The molecule has 0 bridgehead atoms. The maximum atomic E-state index is 12.5. The van der Waals surface area contributed by atoms with Crippen LogP contribution in [0.1, 0.15) is 22.8 Å². The molecule has 0 spiro atoms. The lowest BCUT2D eigenvalue weighted by atomic mass is 10.2. The first-order valence-electron chi connectivity index (χ1n) is 10.4. The van der Waals surface area contributed by atoms with Gasteiger partial charge in [0, 0.05) is 5.02 Å². The van der Waals surface area contributed by atoms with Gasteiger partial charge >= 0.3 is 5.97 Å². The summed E-state index contributed by atoms with van der Waals surface area (Å²) in [7, 11) is 1.54. The third-order valence-corrected chi connectivity index (χ3v) is 4.98. The number of hydrogen-bond acceptors (Lipinski definition) is 7. The van der Waals surface area contributed by atoms with Crippen LogP contribution in [0.3, 0.4) is 0 Å². The van der Waals surface area contributed by atoms with Crippen LogP contribution in [0, 0.1) is 0 Å². The molecule has 0 aliphatic rings. The molecule has 0 fully saturated rings. The first kappa shape index (κ1) is 25.9. The zero-order chi connectivity index (χ0) is 25.2. The number of hydrogen-bond donors (Lipinski definition) is 1. The van der Waals surface area contributed by atoms with E-state index in [4.69, 9.17) is 42.1 Å². The van der Waals surface area contributed by atoms with E-state index in [1.807, 2.05) is 6.92 Å². The van der Waals surface area contributed by atoms with Crippen molar-refractivity contribution in [3.63, 3.8) is 0 Å². The second-order valence-electron chi connectivity index (χ2n) is 6.91. The summed E-state index contributed by atoms with van der Waals surface area (Å²) in [5.74, 6) is 0.543. The molecular formula is C25H22Cl2N2O6. The zero-order valence-electron chi connectivity index (χ0n) is 18.9. The lowest BCUT2D eigenvalue weighted by molar-refractivity contribution is -0.123. The van der Waals surface area contributed by atoms with Crippen LogP contribution in [0.25, 0.3) is 0 Å². The molecule has 0 heterocycles. The molecule has 3 aromatic carbocycles. The van der Waals surface area contributed by atoms with Crippen LogP contribution in [-0.2, 0) is 4.79 Å². The highest BCUT2D eigenvalue weighted by Crippen LogP contribution is 2.29. The van der Waals surface area contributed by atoms with E-state index in [0.29, 0.717) is 45.0 Å². The number of nitrogens with zero attached hydrogens (tertiary/aromatic N) is 1. The van der Waals surface area contributed by atoms with Gasteiger partial charge in [-0.05, 0) is 73.2 Å². The summed E-state index contributed by atoms with van der Waals surface area (Å²) in [4.78, 5) is 24.5. The minimum Gasteiger partial charge on any atom is -0.497 e. The first-order valence-corrected chi connectivity index (χ1v) is 11.2. The summed E-state index contributed by atoms with van der Waals surface area (Å²) in [5.41, 5.74) is 3.34. The van der Waals surface area contributed by atoms with Crippen molar-refractivity contribution in [2.45, 2.75) is 6.92 Å². The fraction of sp³-hybridized carbons (Fsp3) is 0.160. The average Bonchev–Trinajstić information content (AvgIpc) is 2.85. The molecule has 35 heavy (non-hydrogen) atoms. The highest BCUT2D eigenvalue weighted by Gasteiger charge is 2.13. The van der Waals surface area contributed by atoms with E-state index < -0.39 is 11.9 Å². The van der Waals surface area contributed by atoms with Gasteiger partial charge in [-0.1, -0.05) is 23.2 Å². The van der Waals surface area contributed by atoms with Crippen LogP contribution >= 0.6 is 23.2 Å². The minimum atomic E-state index is -0.539. The van der Waals surface area contributed by atoms with E-state index in [2.05, 4.69) is 10.5 Å². The van der Waals surface area contributed by atoms with Crippen LogP contribution in [0.2, 0.25) is 10.0 Å². The number of ether oxygens (including phenoxy) is 4. The minimum absolute atomic E-state index is 0.252. The third kappa shape index (κ3) is 7.63. The molecule has 0 aliphatic heterocycles. The van der Waals surface area contributed by atoms with E-state index in [1.54, 1.807) is 61.7 Å². The molecule has 0 aromatic heterocycles. The topological polar surface area (TPSA) is 95.5 Å². The molecule has 0 radical (unpaired) electrons. The summed E-state index contributed by atoms with van der Waals surface area (Å²) in [6.07, 6.45) is 1.42. The van der Waals surface area contributed by atoms with Crippen LogP contribution in [-0.4, -0.2) is 38.4 Å². The van der Waals surface area contributed by atoms with E-state index in [9.17, 15) is 9.59 Å². The largest absolute Gasteiger partial charge is 0.497 e. The summed E-state index contributed by atoms with van der Waals surface area (Å²) < 4.78 is 21.5. The quantitative estimate of drug-likeness (QED) is 0.173. The zero-order valence-corrected chi connectivity index (χ0v) is 20.4. The van der Waals surface area contributed by atoms with Crippen LogP contribution < -0.4 is 24.4 Å². The molecule has 3 aromatic rings. The Bertz CT molecular complexity index is 1220. The molecule has 0 saturated heterocycles. The molecule has 1 amide bonds. The number of carbonyl (C=O) groups excluding carboxylic acids is 2. The average molecular weight is 517 g/mol. The molecule has 0 saturated carbocycles. The number of methoxy groups -OCH3 is 1. The molecule has 3 rings (SSSR count). The fourth-order valence-electron chi connectivity index (χ4n) is 2.79. The molecule has 0 unspecified atom stereocenters. The van der Waals surface area contributed by atoms with E-state index in [-0.39, 0.29) is 12.4 Å². The Morgan fingerprint density at radius 2 is 1.69 bits per heavy atom. The van der Waals surface area contributed by atoms with Gasteiger partial charge in [0.05, 0.1) is 30.5 Å². The van der Waals surface area contributed by atoms with Gasteiger partial charge in [-0.25, -0.2) is 10.2 Å². The maximum Gasteiger partial charge on any atom is 0.343 e. The fourth-order valence-corrected chi connectivity index (χ4v) is 3.25. The number of benzene rings is 3. The van der Waals surface area contributed by atoms with Crippen molar-refractivity contribution in [3.05, 3.63) is 81.8 Å². The van der Waals surface area contributed by atoms with Gasteiger partial charge < -0.3 is 18.9 Å². The van der Waals surface area contributed by atoms with Gasteiger partial charge in [0.2, 0.25) is 0 Å². The van der Waals surface area contributed by atoms with E-state index in [0.717, 1.165) is 0 Å². The smallest absolute Gasteiger partial charge is 0.343 e. The number of rotatable bonds is 10. The Balaban J connectivity index is 1.59. The van der Waals surface area contributed by atoms with Crippen molar-refractivity contribution in [3.8, 4) is 23.0 Å². The summed E-state index contributed by atoms with van der Waals surface area (Å²) in [5, 5.41) is 4.67. The summed E-state index contributed by atoms with van der Waals surface area (Å²) >= 11 is 11.8. The molecule has 8 nitrogen and oxygen atoms in total. The van der Waals surface area contributed by atoms with Crippen molar-refractivity contribution in [2.75, 3.05) is 20.3 Å². The number of nitrogens with one attached hydrogen (secondary N) is 1. The van der Waals surface area contributed by atoms with Crippen molar-refractivity contribution < 1.29 is 28.5 Å². The molecule has 182 valence electrons. The first-order chi connectivity index (χ1) is 16.9. The predicted octanol–water partition coefficient (Wildman–Crippen LogP) is 5.15. The van der Waals surface area contributed by atoms with Crippen LogP contribution in [0.5, 0.6) is 23.0 Å². The number of halogens is 2. The van der Waals surface area contributed by atoms with E-state index in [1.165, 1.54) is 12.3 Å². The lowest BCUT2D eigenvalue weighted by Gasteiger charge is -2.11. The van der Waals surface area contributed by atoms with Crippen LogP contribution in [0.15, 0.2) is 65.8 Å². The Hall–Kier alpha value is -3.75. The molecule has 10 heteroatoms. The number of hydrazone groups is 1. The highest BCUT2D eigenvalue weighted by atomic mass is 35.5. The highest BCUT2D eigenvalue weighted by molar-refractivity contribution is 6.35. The molecular weight excluding hydrogens is 495 g/mol. The van der Waals surface area contributed by atoms with Crippen LogP contribution in [0.4, 0.5) is 0 Å². The third-order valence-electron chi connectivity index (χ3n) is 4.45. The second kappa shape index (κ2) is 12.6. The predicted molar refractivity (Wildman–Crippen MR) is 133 cm³/mol. The number of carbonyl (C=O) groups is 2. The maximum absolute atomic E-state index is 12.5. The standard InChI is InChI=1S/C25H22Cl2N2O6/c1-3-33-23-12-16(4-10-22(23)35-25(31)17-5-8-19(32-2)9-6-17)14-28-29-24(30)15-34-21-11-7-18(26)13-20(21)27/h4-14H,3,15H2,1-2H3,(H,29,30)/b28-14+. The second-order valence-corrected chi connectivity index (χ2v) is 7.76. The Kier molecular flexibility index (Phi) is 9.34. The van der Waals surface area contributed by atoms with Gasteiger partial charge in [-0.3, -0.25) is 4.79 Å². The number of amides is 1. The molecule has 1 N–H and O–H groups in total. The van der Waals surface area contributed by atoms with Gasteiger partial charge in [0.1, 0.15) is 11.5 Å². The Labute approximate surface area is 212 Å². The van der Waals surface area contributed by atoms with Crippen molar-refractivity contribution in [1.29, 1.82) is 0 Å². The van der Waals surface area contributed by atoms with Gasteiger partial charge in [-0.15, -0.1) is 0 Å². The van der Waals surface area contributed by atoms with Gasteiger partial charge in [0.15, 0.2) is 18.1 Å². The SMILES string of the molecule is CCOc1cc(/C=N/NC(=O)COc2ccc(Cl)cc2Cl)ccc1OC(=O)c1ccc(OC)cc1. The lowest BCUT2D eigenvalue weighted by Crippen LogP contribution is -2.24. The Morgan fingerprint density at radius 3 is 2.37 bits per heavy atom. The summed E-state index contributed by atoms with van der Waals surface area (Å²) in [6, 6.07) is 16.1. The van der Waals surface area contributed by atoms with Gasteiger partial charge in [0.25, 0.3) is 5.91 Å². The van der Waals surface area contributed by atoms with Crippen molar-refractivity contribution in [2.24, 2.45) is 5.10 Å². The molecule has 0 aliphatic carbocycles. The Morgan fingerprint density at radius 1 is 0.943 bits per heavy atom. The van der Waals surface area contributed by atoms with Crippen molar-refractivity contribution in [1.82, 2.24) is 5.43 Å². The molecule has 0 atom stereocenters. The van der Waals surface area contributed by atoms with E-state index >= 15 is 0 Å². The normalized spacial score (nSPS) is 10.6. The monoisotopic (exact) mass is 516 g/mol. The van der Waals surface area contributed by atoms with Gasteiger partial charge in [-0.2, -0.15) is 5.10 Å². The summed E-state index contributed by atoms with van der Waals surface area (Å²) in [6.45, 7) is 1.88.